The summed E-state index contributed by atoms with van der Waals surface area (Å²) in [6.45, 7) is -1.29. The van der Waals surface area contributed by atoms with Crippen LogP contribution in [0.2, 0.25) is 0 Å². The molecule has 1 aliphatic rings. The monoisotopic (exact) mass is 241 g/mol. The lowest BCUT2D eigenvalue weighted by atomic mass is 10.3. The summed E-state index contributed by atoms with van der Waals surface area (Å²) in [7, 11) is -4.74. The van der Waals surface area contributed by atoms with E-state index in [1.807, 2.05) is 0 Å². The molecule has 0 spiro atoms. The molecular weight excluding hydrogens is 229 g/mol. The maximum absolute atomic E-state index is 12.6. The predicted octanol–water partition coefficient (Wildman–Crippen LogP) is -1.76. The van der Waals surface area contributed by atoms with Gasteiger partial charge in [0.1, 0.15) is 5.25 Å². The summed E-state index contributed by atoms with van der Waals surface area (Å²) in [5, 5.41) is 16.2. The quantitative estimate of drug-likeness (QED) is 0.568. The molecule has 1 fully saturated rings. The second-order valence-corrected chi connectivity index (χ2v) is 4.98. The summed E-state index contributed by atoms with van der Waals surface area (Å²) in [5.41, 5.74) is 0. The first-order valence-corrected chi connectivity index (χ1v) is 5.79. The molecule has 15 heavy (non-hydrogen) atoms. The third kappa shape index (κ3) is 2.64. The number of aliphatic hydroxyl groups is 2. The van der Waals surface area contributed by atoms with Crippen LogP contribution in [0.25, 0.3) is 0 Å². The van der Waals surface area contributed by atoms with Gasteiger partial charge in [-0.1, -0.05) is 0 Å². The van der Waals surface area contributed by atoms with E-state index >= 15 is 0 Å². The van der Waals surface area contributed by atoms with Gasteiger partial charge in [0.05, 0.1) is 19.3 Å². The van der Waals surface area contributed by atoms with Crippen LogP contribution in [0.15, 0.2) is 0 Å². The Labute approximate surface area is 86.5 Å². The summed E-state index contributed by atoms with van der Waals surface area (Å²) in [6, 6.07) is -0.857. The molecule has 0 radical (unpaired) electrons. The smallest absolute Gasteiger partial charge is 0.307 e. The summed E-state index contributed by atoms with van der Waals surface area (Å²) < 4.78 is 33.7. The number of nitrogens with zero attached hydrogens (tertiary/aromatic N) is 1. The Bertz CT molecular complexity index is 339. The number of likely N-dealkylation sites (tertiary alicyclic amines) is 1. The molecule has 1 rings (SSSR count). The van der Waals surface area contributed by atoms with Crippen molar-refractivity contribution in [1.82, 2.24) is 4.90 Å². The molecular formula is C7H12FNO5S. The third-order valence-electron chi connectivity index (χ3n) is 2.38. The average molecular weight is 241 g/mol. The van der Waals surface area contributed by atoms with E-state index in [4.69, 9.17) is 10.2 Å². The van der Waals surface area contributed by atoms with Crippen LogP contribution in [0, 0.1) is 0 Å². The molecule has 1 atom stereocenters. The molecule has 1 unspecified atom stereocenters. The van der Waals surface area contributed by atoms with E-state index in [0.29, 0.717) is 0 Å². The minimum atomic E-state index is -4.74. The van der Waals surface area contributed by atoms with Crippen molar-refractivity contribution >= 4 is 16.1 Å². The number of amides is 1. The minimum absolute atomic E-state index is 0.316. The molecule has 1 heterocycles. The van der Waals surface area contributed by atoms with Crippen molar-refractivity contribution in [3.8, 4) is 0 Å². The molecule has 0 aromatic heterocycles. The molecule has 0 aromatic rings. The predicted molar refractivity (Wildman–Crippen MR) is 48.1 cm³/mol. The molecule has 1 saturated heterocycles. The lowest BCUT2D eigenvalue weighted by molar-refractivity contribution is -0.131. The highest BCUT2D eigenvalue weighted by Gasteiger charge is 2.40. The van der Waals surface area contributed by atoms with E-state index in [0.717, 1.165) is 4.90 Å². The van der Waals surface area contributed by atoms with Crippen LogP contribution in [-0.2, 0) is 15.0 Å². The van der Waals surface area contributed by atoms with Crippen LogP contribution in [0.4, 0.5) is 3.89 Å². The number of carbonyl (C=O) groups is 1. The highest BCUT2D eigenvalue weighted by molar-refractivity contribution is 7.87. The average Bonchev–Trinajstić information content (AvgIpc) is 2.50. The molecule has 1 aliphatic heterocycles. The van der Waals surface area contributed by atoms with Gasteiger partial charge in [-0.2, -0.15) is 8.42 Å². The van der Waals surface area contributed by atoms with Gasteiger partial charge >= 0.3 is 10.2 Å². The van der Waals surface area contributed by atoms with Crippen molar-refractivity contribution in [2.45, 2.75) is 17.7 Å². The Kier molecular flexibility index (Phi) is 3.63. The normalized spacial score (nSPS) is 22.8. The molecule has 88 valence electrons. The zero-order chi connectivity index (χ0) is 11.6. The summed E-state index contributed by atoms with van der Waals surface area (Å²) in [4.78, 5) is 12.3. The van der Waals surface area contributed by atoms with Gasteiger partial charge in [-0.05, 0) is 0 Å². The van der Waals surface area contributed by atoms with Gasteiger partial charge in [-0.25, -0.2) is 0 Å². The minimum Gasteiger partial charge on any atom is -0.394 e. The van der Waals surface area contributed by atoms with Gasteiger partial charge in [0.15, 0.2) is 0 Å². The van der Waals surface area contributed by atoms with Gasteiger partial charge in [0.25, 0.3) is 0 Å². The molecule has 0 saturated carbocycles. The van der Waals surface area contributed by atoms with Crippen LogP contribution < -0.4 is 0 Å². The fourth-order valence-electron chi connectivity index (χ4n) is 1.49. The maximum atomic E-state index is 12.6. The Hall–Kier alpha value is -0.730. The molecule has 1 amide bonds. The molecule has 0 aromatic carbocycles. The van der Waals surface area contributed by atoms with E-state index in [2.05, 4.69) is 0 Å². The van der Waals surface area contributed by atoms with Gasteiger partial charge in [0.2, 0.25) is 5.91 Å². The SMILES string of the molecule is O=C1CC(S(=O)(=O)F)CN1C(CO)CO. The Morgan fingerprint density at radius 2 is 2.00 bits per heavy atom. The van der Waals surface area contributed by atoms with Gasteiger partial charge in [-0.3, -0.25) is 4.79 Å². The Balaban J connectivity index is 2.77. The van der Waals surface area contributed by atoms with E-state index in [9.17, 15) is 17.1 Å². The van der Waals surface area contributed by atoms with Crippen LogP contribution in [-0.4, -0.2) is 60.5 Å². The molecule has 6 nitrogen and oxygen atoms in total. The van der Waals surface area contributed by atoms with E-state index in [1.165, 1.54) is 0 Å². The van der Waals surface area contributed by atoms with E-state index in [1.54, 1.807) is 0 Å². The van der Waals surface area contributed by atoms with E-state index < -0.39 is 47.1 Å². The first-order chi connectivity index (χ1) is 6.90. The number of hydrogen-bond donors (Lipinski definition) is 2. The summed E-state index contributed by atoms with van der Waals surface area (Å²) in [5.74, 6) is -0.575. The number of carbonyl (C=O) groups excluding carboxylic acids is 1. The van der Waals surface area contributed by atoms with Crippen LogP contribution >= 0.6 is 0 Å². The van der Waals surface area contributed by atoms with Crippen molar-refractivity contribution in [2.24, 2.45) is 0 Å². The zero-order valence-corrected chi connectivity index (χ0v) is 8.65. The van der Waals surface area contributed by atoms with Crippen molar-refractivity contribution in [3.05, 3.63) is 0 Å². The first-order valence-electron chi connectivity index (χ1n) is 4.34. The van der Waals surface area contributed by atoms with Crippen molar-refractivity contribution in [1.29, 1.82) is 0 Å². The van der Waals surface area contributed by atoms with Crippen LogP contribution in [0.1, 0.15) is 6.42 Å². The number of hydrogen-bond acceptors (Lipinski definition) is 5. The standard InChI is InChI=1S/C7H12FNO5S/c8-15(13,14)6-1-7(12)9(2-6)5(3-10)4-11/h5-6,10-11H,1-4H2. The van der Waals surface area contributed by atoms with Gasteiger partial charge in [0, 0.05) is 13.0 Å². The highest BCUT2D eigenvalue weighted by atomic mass is 32.3. The van der Waals surface area contributed by atoms with Crippen molar-refractivity contribution in [2.75, 3.05) is 19.8 Å². The maximum Gasteiger partial charge on any atom is 0.307 e. The zero-order valence-electron chi connectivity index (χ0n) is 7.84. The highest BCUT2D eigenvalue weighted by Crippen LogP contribution is 2.21. The van der Waals surface area contributed by atoms with Crippen molar-refractivity contribution < 1.29 is 27.3 Å². The fraction of sp³-hybridized carbons (Fsp3) is 0.857. The fourth-order valence-corrected chi connectivity index (χ4v) is 2.17. The van der Waals surface area contributed by atoms with Gasteiger partial charge in [-0.15, -0.1) is 3.89 Å². The van der Waals surface area contributed by atoms with Crippen molar-refractivity contribution in [3.63, 3.8) is 0 Å². The number of rotatable bonds is 4. The summed E-state index contributed by atoms with van der Waals surface area (Å²) >= 11 is 0. The molecule has 2 N–H and O–H groups in total. The van der Waals surface area contributed by atoms with E-state index in [-0.39, 0.29) is 6.54 Å². The number of halogens is 1. The van der Waals surface area contributed by atoms with Gasteiger partial charge < -0.3 is 15.1 Å². The summed E-state index contributed by atoms with van der Waals surface area (Å²) in [6.07, 6.45) is -0.435. The molecule has 0 aliphatic carbocycles. The topological polar surface area (TPSA) is 94.9 Å². The lowest BCUT2D eigenvalue weighted by Gasteiger charge is -2.24. The Morgan fingerprint density at radius 3 is 2.33 bits per heavy atom. The Morgan fingerprint density at radius 1 is 1.47 bits per heavy atom. The molecule has 0 bridgehead atoms. The van der Waals surface area contributed by atoms with Crippen LogP contribution in [0.3, 0.4) is 0 Å². The second-order valence-electron chi connectivity index (χ2n) is 3.37. The van der Waals surface area contributed by atoms with Crippen LogP contribution in [0.5, 0.6) is 0 Å². The second kappa shape index (κ2) is 4.42. The molecule has 8 heteroatoms. The third-order valence-corrected chi connectivity index (χ3v) is 3.50. The first kappa shape index (κ1) is 12.3. The lowest BCUT2D eigenvalue weighted by Crippen LogP contribution is -2.42. The largest absolute Gasteiger partial charge is 0.394 e. The number of aliphatic hydroxyl groups excluding tert-OH is 2.